The Morgan fingerprint density at radius 3 is 0.725 bits per heavy atom. The van der Waals surface area contributed by atoms with E-state index >= 15 is 0 Å². The summed E-state index contributed by atoms with van der Waals surface area (Å²) in [5, 5.41) is 0. The van der Waals surface area contributed by atoms with Crippen molar-refractivity contribution in [3.63, 3.8) is 0 Å². The van der Waals surface area contributed by atoms with E-state index in [1.165, 1.54) is 180 Å². The predicted octanol–water partition coefficient (Wildman–Crippen LogP) is 9.69. The van der Waals surface area contributed by atoms with Gasteiger partial charge in [-0.05, 0) is 25.9 Å². The molecule has 0 rings (SSSR count). The molecule has 0 aliphatic heterocycles. The summed E-state index contributed by atoms with van der Waals surface area (Å²) in [4.78, 5) is 5.21. The van der Waals surface area contributed by atoms with E-state index in [1.807, 2.05) is 0 Å². The number of nitrogens with two attached hydrogens (primary N) is 2. The average Bonchev–Trinajstić information content (AvgIpc) is 2.96. The van der Waals surface area contributed by atoms with Crippen molar-refractivity contribution >= 4 is 0 Å². The normalized spacial score (nSPS) is 11.8. The van der Waals surface area contributed by atoms with E-state index in [2.05, 4.69) is 23.6 Å². The maximum Gasteiger partial charge on any atom is 0.0110 e. The van der Waals surface area contributed by atoms with Crippen molar-refractivity contribution in [3.8, 4) is 0 Å². The summed E-state index contributed by atoms with van der Waals surface area (Å²) in [5.74, 6) is 0. The van der Waals surface area contributed by atoms with Gasteiger partial charge in [0.05, 0.1) is 0 Å². The lowest BCUT2D eigenvalue weighted by molar-refractivity contribution is 0.203. The second kappa shape index (κ2) is 35.0. The quantitative estimate of drug-likeness (QED) is 0.0750. The second-order valence-corrected chi connectivity index (χ2v) is 12.7. The molecule has 0 aromatic rings. The summed E-state index contributed by atoms with van der Waals surface area (Å²) in [6, 6.07) is 0. The Bertz CT molecular complexity index is 405. The molecule has 0 aromatic heterocycles. The van der Waals surface area contributed by atoms with Crippen LogP contribution in [0.4, 0.5) is 0 Å². The van der Waals surface area contributed by atoms with E-state index < -0.39 is 0 Å². The van der Waals surface area contributed by atoms with Gasteiger partial charge in [-0.2, -0.15) is 0 Å². The largest absolute Gasteiger partial charge is 0.329 e. The average molecular weight is 567 g/mol. The van der Waals surface area contributed by atoms with E-state index in [-0.39, 0.29) is 0 Å². The van der Waals surface area contributed by atoms with Gasteiger partial charge in [-0.3, -0.25) is 0 Å². The third-order valence-electron chi connectivity index (χ3n) is 8.78. The first-order valence-corrected chi connectivity index (χ1v) is 18.6. The Labute approximate surface area is 254 Å². The van der Waals surface area contributed by atoms with Crippen LogP contribution in [0, 0.1) is 0 Å². The van der Waals surface area contributed by atoms with Gasteiger partial charge < -0.3 is 21.3 Å². The fourth-order valence-electron chi connectivity index (χ4n) is 6.03. The molecule has 0 unspecified atom stereocenters. The SMILES string of the molecule is CCCCCCCCCCCCCCCN(CCN)CCN(CCN)CCCCCCCCCCCCCCC. The summed E-state index contributed by atoms with van der Waals surface area (Å²) in [5.41, 5.74) is 11.9. The summed E-state index contributed by atoms with van der Waals surface area (Å²) in [7, 11) is 0. The van der Waals surface area contributed by atoms with Crippen LogP contribution in [0.5, 0.6) is 0 Å². The van der Waals surface area contributed by atoms with Crippen LogP contribution in [0.25, 0.3) is 0 Å². The van der Waals surface area contributed by atoms with Crippen LogP contribution in [-0.4, -0.2) is 62.2 Å². The molecule has 242 valence electrons. The van der Waals surface area contributed by atoms with Crippen LogP contribution in [0.3, 0.4) is 0 Å². The maximum atomic E-state index is 5.95. The van der Waals surface area contributed by atoms with Crippen LogP contribution in [-0.2, 0) is 0 Å². The smallest absolute Gasteiger partial charge is 0.0110 e. The summed E-state index contributed by atoms with van der Waals surface area (Å²) in [6.45, 7) is 12.9. The minimum absolute atomic E-state index is 0.772. The van der Waals surface area contributed by atoms with Crippen molar-refractivity contribution in [1.29, 1.82) is 0 Å². The third kappa shape index (κ3) is 30.8. The fourth-order valence-corrected chi connectivity index (χ4v) is 6.03. The third-order valence-corrected chi connectivity index (χ3v) is 8.78. The lowest BCUT2D eigenvalue weighted by Gasteiger charge is -2.27. The van der Waals surface area contributed by atoms with Crippen molar-refractivity contribution in [1.82, 2.24) is 9.80 Å². The molecule has 0 atom stereocenters. The summed E-state index contributed by atoms with van der Waals surface area (Å²) in [6.07, 6.45) is 37.0. The van der Waals surface area contributed by atoms with Crippen molar-refractivity contribution in [2.45, 2.75) is 181 Å². The molecular formula is C36H78N4. The van der Waals surface area contributed by atoms with Crippen LogP contribution >= 0.6 is 0 Å². The zero-order valence-corrected chi connectivity index (χ0v) is 28.1. The minimum Gasteiger partial charge on any atom is -0.329 e. The van der Waals surface area contributed by atoms with Gasteiger partial charge in [0.25, 0.3) is 0 Å². The first-order chi connectivity index (χ1) is 19.8. The van der Waals surface area contributed by atoms with Crippen molar-refractivity contribution < 1.29 is 0 Å². The zero-order chi connectivity index (χ0) is 29.2. The van der Waals surface area contributed by atoms with Gasteiger partial charge >= 0.3 is 0 Å². The fraction of sp³-hybridized carbons (Fsp3) is 1.00. The summed E-state index contributed by atoms with van der Waals surface area (Å²) < 4.78 is 0. The van der Waals surface area contributed by atoms with Crippen LogP contribution in [0.2, 0.25) is 0 Å². The molecule has 4 heteroatoms. The number of hydrogen-bond acceptors (Lipinski definition) is 4. The van der Waals surface area contributed by atoms with Crippen molar-refractivity contribution in [2.75, 3.05) is 52.4 Å². The lowest BCUT2D eigenvalue weighted by atomic mass is 10.0. The summed E-state index contributed by atoms with van der Waals surface area (Å²) >= 11 is 0. The molecule has 0 bridgehead atoms. The Morgan fingerprint density at radius 1 is 0.275 bits per heavy atom. The van der Waals surface area contributed by atoms with Gasteiger partial charge in [-0.1, -0.05) is 168 Å². The zero-order valence-electron chi connectivity index (χ0n) is 28.1. The molecule has 4 N–H and O–H groups in total. The molecule has 0 amide bonds. The highest BCUT2D eigenvalue weighted by Gasteiger charge is 2.09. The molecule has 0 fully saturated rings. The molecule has 0 radical (unpaired) electrons. The molecule has 0 saturated carbocycles. The molecule has 0 aromatic carbocycles. The Hall–Kier alpha value is -0.160. The molecule has 0 saturated heterocycles. The van der Waals surface area contributed by atoms with Gasteiger partial charge in [0.15, 0.2) is 0 Å². The Kier molecular flexibility index (Phi) is 34.9. The minimum atomic E-state index is 0.772. The van der Waals surface area contributed by atoms with Gasteiger partial charge in [-0.15, -0.1) is 0 Å². The van der Waals surface area contributed by atoms with Crippen LogP contribution in [0.1, 0.15) is 181 Å². The highest BCUT2D eigenvalue weighted by Crippen LogP contribution is 2.14. The van der Waals surface area contributed by atoms with Crippen LogP contribution in [0.15, 0.2) is 0 Å². The first kappa shape index (κ1) is 39.8. The Balaban J connectivity index is 3.73. The second-order valence-electron chi connectivity index (χ2n) is 12.7. The number of unbranched alkanes of at least 4 members (excludes halogenated alkanes) is 24. The molecule has 0 aliphatic rings. The molecule has 40 heavy (non-hydrogen) atoms. The maximum absolute atomic E-state index is 5.95. The number of nitrogens with zero attached hydrogens (tertiary/aromatic N) is 2. The molecule has 0 heterocycles. The van der Waals surface area contributed by atoms with Gasteiger partial charge in [0.2, 0.25) is 0 Å². The number of hydrogen-bond donors (Lipinski definition) is 2. The predicted molar refractivity (Wildman–Crippen MR) is 182 cm³/mol. The topological polar surface area (TPSA) is 58.5 Å². The van der Waals surface area contributed by atoms with E-state index in [4.69, 9.17) is 11.5 Å². The van der Waals surface area contributed by atoms with E-state index in [9.17, 15) is 0 Å². The number of rotatable bonds is 35. The van der Waals surface area contributed by atoms with Crippen molar-refractivity contribution in [3.05, 3.63) is 0 Å². The standard InChI is InChI=1S/C36H78N4/c1-3-5-7-9-11-13-15-17-19-21-23-25-27-31-39(33-29-37)35-36-40(34-30-38)32-28-26-24-22-20-18-16-14-12-10-8-6-4-2/h3-38H2,1-2H3. The molecule has 0 spiro atoms. The van der Waals surface area contributed by atoms with Crippen LogP contribution < -0.4 is 11.5 Å². The van der Waals surface area contributed by atoms with Gasteiger partial charge in [0.1, 0.15) is 0 Å². The molecule has 4 nitrogen and oxygen atoms in total. The van der Waals surface area contributed by atoms with E-state index in [0.29, 0.717) is 0 Å². The highest BCUT2D eigenvalue weighted by atomic mass is 15.2. The monoisotopic (exact) mass is 567 g/mol. The van der Waals surface area contributed by atoms with Crippen molar-refractivity contribution in [2.24, 2.45) is 11.5 Å². The molecular weight excluding hydrogens is 488 g/mol. The Morgan fingerprint density at radius 2 is 0.500 bits per heavy atom. The van der Waals surface area contributed by atoms with E-state index in [0.717, 1.165) is 39.3 Å². The highest BCUT2D eigenvalue weighted by molar-refractivity contribution is 4.66. The first-order valence-electron chi connectivity index (χ1n) is 18.6. The molecule has 0 aliphatic carbocycles. The van der Waals surface area contributed by atoms with Gasteiger partial charge in [0, 0.05) is 39.3 Å². The van der Waals surface area contributed by atoms with Gasteiger partial charge in [-0.25, -0.2) is 0 Å². The lowest BCUT2D eigenvalue weighted by Crippen LogP contribution is -2.40. The van der Waals surface area contributed by atoms with E-state index in [1.54, 1.807) is 0 Å².